The Morgan fingerprint density at radius 1 is 0.677 bits per heavy atom. The minimum Gasteiger partial charge on any atom is -0.466 e. The Balaban J connectivity index is 2.43. The van der Waals surface area contributed by atoms with Crippen LogP contribution in [0, 0.1) is 13.8 Å². The van der Waals surface area contributed by atoms with Gasteiger partial charge in [0.1, 0.15) is 31.3 Å². The van der Waals surface area contributed by atoms with Gasteiger partial charge in [-0.2, -0.15) is 0 Å². The maximum atomic E-state index is 12.8. The standard InChI is InChI=1S/C52H86NO11P/c1-8-10-24-32-46(54)34-27-22-23-28-35-47(55)33-26-18-16-17-20-30-38-51(56)60-42-48(43-62-65(58,59)61-41-40-53(5,6)7)63-52(57)39-31-21-15-13-12-14-19-29-37-50-45(4)44(3)49(64-50)36-25-11-9-2/h10,17-18,20,22-24,26-28,34-35,46-48,54-55H,8-9,11-16,19,21,25,29-33,36-43H2,1-7H3/p+1/b20-17-,23-22-,24-10-,26-18-,34-27+,35-28+/t46-,47+,48-/m1/s1. The predicted octanol–water partition coefficient (Wildman–Crippen LogP) is 11.4. The Morgan fingerprint density at radius 3 is 1.82 bits per heavy atom. The maximum Gasteiger partial charge on any atom is 0.472 e. The van der Waals surface area contributed by atoms with Crippen molar-refractivity contribution in [3.05, 3.63) is 95.6 Å². The van der Waals surface area contributed by atoms with Crippen molar-refractivity contribution in [3.8, 4) is 0 Å². The van der Waals surface area contributed by atoms with Crippen molar-refractivity contribution in [2.45, 2.75) is 174 Å². The number of rotatable bonds is 39. The average molecular weight is 933 g/mol. The van der Waals surface area contributed by atoms with Crippen LogP contribution in [0.4, 0.5) is 0 Å². The van der Waals surface area contributed by atoms with Gasteiger partial charge >= 0.3 is 19.8 Å². The highest BCUT2D eigenvalue weighted by Crippen LogP contribution is 2.43. The van der Waals surface area contributed by atoms with E-state index in [0.717, 1.165) is 69.3 Å². The summed E-state index contributed by atoms with van der Waals surface area (Å²) >= 11 is 0. The molecule has 0 spiro atoms. The van der Waals surface area contributed by atoms with Crippen molar-refractivity contribution in [3.63, 3.8) is 0 Å². The summed E-state index contributed by atoms with van der Waals surface area (Å²) in [5.74, 6) is 1.32. The molecule has 1 aromatic heterocycles. The monoisotopic (exact) mass is 933 g/mol. The number of ether oxygens (including phenoxy) is 2. The zero-order valence-electron chi connectivity index (χ0n) is 41.1. The van der Waals surface area contributed by atoms with Gasteiger partial charge in [0.15, 0.2) is 6.10 Å². The summed E-state index contributed by atoms with van der Waals surface area (Å²) in [6.45, 7) is 8.30. The lowest BCUT2D eigenvalue weighted by molar-refractivity contribution is -0.870. The first-order valence-corrected chi connectivity index (χ1v) is 25.7. The van der Waals surface area contributed by atoms with E-state index in [1.54, 1.807) is 36.5 Å². The van der Waals surface area contributed by atoms with Gasteiger partial charge in [0, 0.05) is 25.7 Å². The van der Waals surface area contributed by atoms with Gasteiger partial charge in [-0.05, 0) is 76.3 Å². The smallest absolute Gasteiger partial charge is 0.466 e. The number of hydrogen-bond acceptors (Lipinski definition) is 10. The summed E-state index contributed by atoms with van der Waals surface area (Å²) in [5.41, 5.74) is 2.63. The van der Waals surface area contributed by atoms with Crippen LogP contribution in [0.2, 0.25) is 0 Å². The number of phosphoric ester groups is 1. The van der Waals surface area contributed by atoms with Gasteiger partial charge in [-0.15, -0.1) is 0 Å². The number of phosphoric acid groups is 1. The largest absolute Gasteiger partial charge is 0.472 e. The number of unbranched alkanes of at least 4 members (excludes halogenated alkanes) is 9. The van der Waals surface area contributed by atoms with Crippen LogP contribution >= 0.6 is 7.82 Å². The highest BCUT2D eigenvalue weighted by Gasteiger charge is 2.27. The second-order valence-corrected chi connectivity index (χ2v) is 19.2. The van der Waals surface area contributed by atoms with Crippen LogP contribution in [0.5, 0.6) is 0 Å². The molecule has 0 aliphatic heterocycles. The van der Waals surface area contributed by atoms with E-state index in [2.05, 4.69) is 20.8 Å². The topological polar surface area (TPSA) is 162 Å². The van der Waals surface area contributed by atoms with Gasteiger partial charge < -0.3 is 33.5 Å². The second kappa shape index (κ2) is 36.7. The van der Waals surface area contributed by atoms with E-state index in [4.69, 9.17) is 22.9 Å². The fourth-order valence-corrected chi connectivity index (χ4v) is 7.25. The Labute approximate surface area is 392 Å². The molecule has 1 heterocycles. The van der Waals surface area contributed by atoms with Crippen molar-refractivity contribution in [1.29, 1.82) is 0 Å². The van der Waals surface area contributed by atoms with E-state index >= 15 is 0 Å². The highest BCUT2D eigenvalue weighted by molar-refractivity contribution is 7.47. The number of quaternary nitrogens is 1. The first-order chi connectivity index (χ1) is 31.1. The van der Waals surface area contributed by atoms with Gasteiger partial charge in [0.25, 0.3) is 0 Å². The second-order valence-electron chi connectivity index (χ2n) is 17.7. The van der Waals surface area contributed by atoms with Crippen molar-refractivity contribution >= 4 is 19.8 Å². The molecule has 1 rings (SSSR count). The Kier molecular flexibility index (Phi) is 33.7. The van der Waals surface area contributed by atoms with Crippen LogP contribution in [0.3, 0.4) is 0 Å². The van der Waals surface area contributed by atoms with Crippen LogP contribution in [-0.2, 0) is 45.5 Å². The number of hydrogen-bond donors (Lipinski definition) is 3. The molecule has 3 N–H and O–H groups in total. The van der Waals surface area contributed by atoms with Crippen molar-refractivity contribution in [2.75, 3.05) is 47.5 Å². The quantitative estimate of drug-likeness (QED) is 0.0144. The zero-order valence-corrected chi connectivity index (χ0v) is 42.0. The van der Waals surface area contributed by atoms with Crippen LogP contribution in [0.15, 0.2) is 77.3 Å². The molecule has 370 valence electrons. The molecule has 12 nitrogen and oxygen atoms in total. The minimum atomic E-state index is -4.44. The molecular weight excluding hydrogens is 846 g/mol. The zero-order chi connectivity index (χ0) is 48.2. The Bertz CT molecular complexity index is 1650. The normalized spacial score (nSPS) is 15.0. The van der Waals surface area contributed by atoms with E-state index in [9.17, 15) is 29.3 Å². The average Bonchev–Trinajstić information content (AvgIpc) is 3.51. The number of allylic oxidation sites excluding steroid dienone is 8. The number of esters is 2. The van der Waals surface area contributed by atoms with Gasteiger partial charge in [-0.1, -0.05) is 138 Å². The summed E-state index contributed by atoms with van der Waals surface area (Å²) < 4.78 is 40.5. The SMILES string of the molecule is CC/C=C\C[C@@H](O)/C=C/C=C\C=C\[C@@H](O)C/C=C\C/C=C\CCC(=O)OC[C@H](COP(=O)(O)OCC[N+](C)(C)C)OC(=O)CCCCCCCCCCc1oc(CCCCC)c(C)c1C. The summed E-state index contributed by atoms with van der Waals surface area (Å²) in [6.07, 6.45) is 37.1. The molecule has 0 aliphatic rings. The fraction of sp³-hybridized carbons (Fsp3) is 0.654. The molecule has 0 bridgehead atoms. The number of nitrogens with zero attached hydrogens (tertiary/aromatic N) is 1. The Morgan fingerprint density at radius 2 is 1.23 bits per heavy atom. The van der Waals surface area contributed by atoms with Crippen molar-refractivity contribution in [1.82, 2.24) is 0 Å². The first-order valence-electron chi connectivity index (χ1n) is 24.2. The highest BCUT2D eigenvalue weighted by atomic mass is 31.2. The number of carbonyl (C=O) groups is 2. The predicted molar refractivity (Wildman–Crippen MR) is 262 cm³/mol. The molecule has 0 aromatic carbocycles. The van der Waals surface area contributed by atoms with E-state index in [1.807, 2.05) is 64.5 Å². The molecule has 0 radical (unpaired) electrons. The number of aliphatic hydroxyl groups is 2. The third kappa shape index (κ3) is 33.7. The van der Waals surface area contributed by atoms with E-state index in [-0.39, 0.29) is 26.1 Å². The number of aliphatic hydroxyl groups excluding tert-OH is 2. The third-order valence-corrected chi connectivity index (χ3v) is 11.6. The molecule has 4 atom stereocenters. The number of likely N-dealkylation sites (N-methyl/N-ethyl adjacent to an activating group) is 1. The lowest BCUT2D eigenvalue weighted by atomic mass is 10.0. The molecule has 0 saturated heterocycles. The van der Waals surface area contributed by atoms with Gasteiger partial charge in [0.2, 0.25) is 0 Å². The summed E-state index contributed by atoms with van der Waals surface area (Å²) in [5, 5.41) is 20.0. The number of carbonyl (C=O) groups excluding carboxylic acids is 2. The molecule has 0 saturated carbocycles. The van der Waals surface area contributed by atoms with E-state index in [0.29, 0.717) is 43.1 Å². The van der Waals surface area contributed by atoms with Crippen molar-refractivity contribution in [2.24, 2.45) is 0 Å². The van der Waals surface area contributed by atoms with Crippen LogP contribution in [-0.4, -0.2) is 97.3 Å². The molecule has 0 aliphatic carbocycles. The summed E-state index contributed by atoms with van der Waals surface area (Å²) in [6, 6.07) is 0. The van der Waals surface area contributed by atoms with Gasteiger partial charge in [-0.3, -0.25) is 18.6 Å². The fourth-order valence-electron chi connectivity index (χ4n) is 6.51. The molecule has 0 amide bonds. The first kappa shape index (κ1) is 59.7. The molecular formula is C52H87NO11P+. The maximum absolute atomic E-state index is 12.8. The van der Waals surface area contributed by atoms with Crippen LogP contribution < -0.4 is 0 Å². The minimum absolute atomic E-state index is 0.00857. The lowest BCUT2D eigenvalue weighted by Gasteiger charge is -2.24. The van der Waals surface area contributed by atoms with Crippen LogP contribution in [0.25, 0.3) is 0 Å². The Hall–Kier alpha value is -3.35. The number of aryl methyl sites for hydroxylation is 2. The van der Waals surface area contributed by atoms with Crippen LogP contribution in [0.1, 0.15) is 152 Å². The molecule has 13 heteroatoms. The molecule has 0 fully saturated rings. The molecule has 65 heavy (non-hydrogen) atoms. The number of furan rings is 1. The third-order valence-electron chi connectivity index (χ3n) is 10.6. The van der Waals surface area contributed by atoms with E-state index < -0.39 is 44.7 Å². The lowest BCUT2D eigenvalue weighted by Crippen LogP contribution is -2.37. The summed E-state index contributed by atoms with van der Waals surface area (Å²) in [7, 11) is 1.34. The van der Waals surface area contributed by atoms with Gasteiger partial charge in [-0.25, -0.2) is 4.57 Å². The van der Waals surface area contributed by atoms with Crippen molar-refractivity contribution < 1.29 is 56.7 Å². The molecule has 1 unspecified atom stereocenters. The van der Waals surface area contributed by atoms with Gasteiger partial charge in [0.05, 0.1) is 40.0 Å². The van der Waals surface area contributed by atoms with E-state index in [1.165, 1.54) is 36.8 Å². The summed E-state index contributed by atoms with van der Waals surface area (Å²) in [4.78, 5) is 35.6. The molecule has 1 aromatic rings.